The normalized spacial score (nSPS) is 24.4. The number of thioether (sulfide) groups is 1. The van der Waals surface area contributed by atoms with Crippen molar-refractivity contribution in [3.8, 4) is 0 Å². The molecule has 74 valence electrons. The molecule has 1 rings (SSSR count). The quantitative estimate of drug-likeness (QED) is 0.326. The molecule has 5 heteroatoms. The molecule has 14 heavy (non-hydrogen) atoms. The first-order chi connectivity index (χ1) is 6.70. The fraction of sp³-hybridized carbons (Fsp3) is 0.444. The molecule has 1 aliphatic rings. The van der Waals surface area contributed by atoms with E-state index in [0.717, 1.165) is 21.9 Å². The number of hydrogen-bond donors (Lipinski definition) is 0. The zero-order valence-corrected chi connectivity index (χ0v) is 11.2. The van der Waals surface area contributed by atoms with Gasteiger partial charge in [-0.15, -0.1) is 4.94 Å². The summed E-state index contributed by atoms with van der Waals surface area (Å²) in [5, 5.41) is 0. The second-order valence-electron chi connectivity index (χ2n) is 3.10. The van der Waals surface area contributed by atoms with Crippen LogP contribution in [0.25, 0.3) is 0 Å². The molecule has 0 aromatic rings. The van der Waals surface area contributed by atoms with Gasteiger partial charge in [-0.3, -0.25) is 4.79 Å². The predicted octanol–water partition coefficient (Wildman–Crippen LogP) is 1.94. The molecule has 0 aliphatic carbocycles. The van der Waals surface area contributed by atoms with Crippen molar-refractivity contribution in [3.63, 3.8) is 0 Å². The smallest absolute Gasteiger partial charge is 0.410 e. The lowest BCUT2D eigenvalue weighted by molar-refractivity contribution is -0.116. The fourth-order valence-electron chi connectivity index (χ4n) is 1.34. The summed E-state index contributed by atoms with van der Waals surface area (Å²) in [7, 11) is 0. The van der Waals surface area contributed by atoms with Crippen LogP contribution in [-0.4, -0.2) is 32.1 Å². The molecule has 2 nitrogen and oxygen atoms in total. The second kappa shape index (κ2) is 5.82. The average molecular weight is 241 g/mol. The summed E-state index contributed by atoms with van der Waals surface area (Å²) < 4.78 is 4.67. The van der Waals surface area contributed by atoms with Crippen molar-refractivity contribution in [1.82, 2.24) is 0 Å². The summed E-state index contributed by atoms with van der Waals surface area (Å²) in [5.41, 5.74) is 0. The van der Waals surface area contributed by atoms with Crippen molar-refractivity contribution in [2.24, 2.45) is 9.89 Å². The van der Waals surface area contributed by atoms with E-state index in [4.69, 9.17) is 12.2 Å². The lowest BCUT2D eigenvalue weighted by Gasteiger charge is -2.02. The molecule has 1 heterocycles. The molecule has 1 saturated heterocycles. The van der Waals surface area contributed by atoms with Crippen molar-refractivity contribution in [2.75, 3.05) is 0 Å². The Morgan fingerprint density at radius 1 is 1.79 bits per heavy atom. The van der Waals surface area contributed by atoms with Crippen LogP contribution in [-0.2, 0) is 4.79 Å². The highest BCUT2D eigenvalue weighted by Crippen LogP contribution is 2.36. The maximum absolute atomic E-state index is 11.8. The average Bonchev–Trinajstić information content (AvgIpc) is 2.43. The van der Waals surface area contributed by atoms with E-state index < -0.39 is 15.4 Å². The van der Waals surface area contributed by atoms with Gasteiger partial charge in [-0.2, -0.15) is 0 Å². The molecule has 0 spiro atoms. The van der Waals surface area contributed by atoms with Crippen LogP contribution in [0.15, 0.2) is 13.8 Å². The van der Waals surface area contributed by atoms with E-state index in [1.807, 2.05) is 4.94 Å². The zero-order valence-electron chi connectivity index (χ0n) is 8.16. The van der Waals surface area contributed by atoms with E-state index >= 15 is 0 Å². The third kappa shape index (κ3) is 2.77. The number of nitrogens with zero attached hydrogens (tertiary/aromatic N) is 1. The van der Waals surface area contributed by atoms with E-state index in [1.54, 1.807) is 0 Å². The molecular formula is C9H12AlNOS2. The molecule has 1 atom stereocenters. The minimum absolute atomic E-state index is 0.0231. The van der Waals surface area contributed by atoms with Gasteiger partial charge in [-0.05, 0) is 13.1 Å². The summed E-state index contributed by atoms with van der Waals surface area (Å²) in [4.78, 5) is 14.6. The van der Waals surface area contributed by atoms with Crippen LogP contribution >= 0.6 is 24.0 Å². The molecule has 0 aromatic carbocycles. The molecule has 0 radical (unpaired) electrons. The van der Waals surface area contributed by atoms with E-state index in [0.29, 0.717) is 0 Å². The summed E-state index contributed by atoms with van der Waals surface area (Å²) in [5.74, 6) is 0.183. The molecular weight excluding hydrogens is 229 g/mol. The Kier molecular flexibility index (Phi) is 5.04. The van der Waals surface area contributed by atoms with Crippen molar-refractivity contribution >= 4 is 56.1 Å². The molecule has 0 N–H and O–H groups in total. The highest BCUT2D eigenvalue weighted by atomic mass is 32.2. The van der Waals surface area contributed by atoms with Gasteiger partial charge in [-0.1, -0.05) is 37.3 Å². The van der Waals surface area contributed by atoms with E-state index in [-0.39, 0.29) is 11.7 Å². The molecule has 1 aliphatic heterocycles. The summed E-state index contributed by atoms with van der Waals surface area (Å²) >= 11 is 5.98. The maximum atomic E-state index is 11.8. The van der Waals surface area contributed by atoms with Crippen LogP contribution < -0.4 is 0 Å². The Hall–Kier alpha value is 0.0525. The van der Waals surface area contributed by atoms with E-state index in [9.17, 15) is 4.79 Å². The number of hydrogen-bond acceptors (Lipinski definition) is 4. The summed E-state index contributed by atoms with van der Waals surface area (Å²) in [6.07, 6.45) is 1.88. The van der Waals surface area contributed by atoms with Crippen LogP contribution in [0.2, 0.25) is 0 Å². The Morgan fingerprint density at radius 2 is 2.50 bits per heavy atom. The Morgan fingerprint density at radius 3 is 3.07 bits per heavy atom. The highest BCUT2D eigenvalue weighted by Gasteiger charge is 2.33. The lowest BCUT2D eigenvalue weighted by atomic mass is 10.0. The molecule has 1 fully saturated rings. The predicted molar refractivity (Wildman–Crippen MR) is 68.4 cm³/mol. The van der Waals surface area contributed by atoms with Crippen LogP contribution in [0.3, 0.4) is 0 Å². The van der Waals surface area contributed by atoms with Gasteiger partial charge in [0.2, 0.25) is 0 Å². The maximum Gasteiger partial charge on any atom is 0.444 e. The number of rotatable bonds is 4. The highest BCUT2D eigenvalue weighted by molar-refractivity contribution is 8.27. The van der Waals surface area contributed by atoms with Gasteiger partial charge in [0, 0.05) is 4.91 Å². The molecule has 1 unspecified atom stereocenters. The molecule has 0 amide bonds. The Balaban J connectivity index is 2.73. The summed E-state index contributed by atoms with van der Waals surface area (Å²) in [6, 6.07) is 0. The topological polar surface area (TPSA) is 29.4 Å². The Labute approximate surface area is 100 Å². The fourth-order valence-corrected chi connectivity index (χ4v) is 3.71. The largest absolute Gasteiger partial charge is 0.444 e. The van der Waals surface area contributed by atoms with Gasteiger partial charge in [0.05, 0.1) is 10.1 Å². The summed E-state index contributed by atoms with van der Waals surface area (Å²) in [6.45, 7) is 5.51. The third-order valence-electron chi connectivity index (χ3n) is 2.04. The number of ketones is 1. The number of carbonyl (C=O) groups is 1. The van der Waals surface area contributed by atoms with Gasteiger partial charge < -0.3 is 3.98 Å². The van der Waals surface area contributed by atoms with Crippen molar-refractivity contribution in [3.05, 3.63) is 9.84 Å². The van der Waals surface area contributed by atoms with Crippen LogP contribution in [0.5, 0.6) is 0 Å². The minimum Gasteiger partial charge on any atom is -0.410 e. The monoisotopic (exact) mass is 241 g/mol. The number of carbonyl (C=O) groups excluding carboxylic acids is 1. The van der Waals surface area contributed by atoms with Gasteiger partial charge in [-0.25, -0.2) is 0 Å². The molecule has 0 aromatic heterocycles. The third-order valence-corrected chi connectivity index (χ3v) is 4.79. The lowest BCUT2D eigenvalue weighted by Crippen LogP contribution is -2.12. The van der Waals surface area contributed by atoms with Crippen molar-refractivity contribution in [1.29, 1.82) is 0 Å². The van der Waals surface area contributed by atoms with Crippen LogP contribution in [0.4, 0.5) is 0 Å². The second-order valence-corrected chi connectivity index (χ2v) is 6.10. The minimum atomic E-state index is -0.648. The van der Waals surface area contributed by atoms with Gasteiger partial charge in [0.1, 0.15) is 0 Å². The van der Waals surface area contributed by atoms with Crippen molar-refractivity contribution < 1.29 is 4.79 Å². The van der Waals surface area contributed by atoms with Gasteiger partial charge in [0.15, 0.2) is 5.78 Å². The zero-order chi connectivity index (χ0) is 10.6. The van der Waals surface area contributed by atoms with Gasteiger partial charge >= 0.3 is 15.4 Å². The van der Waals surface area contributed by atoms with Crippen LogP contribution in [0, 0.1) is 5.92 Å². The molecule has 0 bridgehead atoms. The van der Waals surface area contributed by atoms with Crippen molar-refractivity contribution in [2.45, 2.75) is 19.8 Å². The van der Waals surface area contributed by atoms with Crippen LogP contribution in [0.1, 0.15) is 19.8 Å². The molecule has 0 saturated carbocycles. The van der Waals surface area contributed by atoms with E-state index in [1.165, 1.54) is 11.8 Å². The first-order valence-corrected chi connectivity index (χ1v) is 7.26. The standard InChI is InChI=1S/C8H9OS2.CH2N.Al.H/c1-3-4-6-7(9)5(2)11-8(6)10;1-2;;/h2,6H,3-4H2,1H3;1H2;;/q;-1;+1;. The first kappa shape index (κ1) is 12.1. The van der Waals surface area contributed by atoms with E-state index in [2.05, 4.69) is 17.6 Å². The number of allylic oxidation sites excluding steroid dienone is 1. The number of thiocarbonyl (C=S) groups is 1. The first-order valence-electron chi connectivity index (χ1n) is 4.59. The number of Topliss-reactive ketones (excluding diaryl/α,β-unsaturated/α-hetero) is 1. The Bertz CT molecular complexity index is 301. The SMILES string of the molecule is C=[N][AlH]/[CH]=C1/SC(=S)C(CCC)C1=O. The van der Waals surface area contributed by atoms with Gasteiger partial charge in [0.25, 0.3) is 0 Å².